The SMILES string of the molecule is CCc1cnc(Cn2c(C(C)(C)C)c[nH]c2=S)s1. The summed E-state index contributed by atoms with van der Waals surface area (Å²) in [5, 5.41) is 1.12. The monoisotopic (exact) mass is 281 g/mol. The van der Waals surface area contributed by atoms with Crippen molar-refractivity contribution in [2.45, 2.75) is 46.1 Å². The van der Waals surface area contributed by atoms with Crippen LogP contribution in [0.15, 0.2) is 12.4 Å². The van der Waals surface area contributed by atoms with Gasteiger partial charge in [0.1, 0.15) is 5.01 Å². The molecule has 0 aromatic carbocycles. The Morgan fingerprint density at radius 2 is 2.17 bits per heavy atom. The molecule has 0 aliphatic heterocycles. The number of aryl methyl sites for hydroxylation is 1. The Balaban J connectivity index is 2.34. The molecule has 5 heteroatoms. The first-order chi connectivity index (χ1) is 8.41. The highest BCUT2D eigenvalue weighted by Gasteiger charge is 2.19. The Morgan fingerprint density at radius 1 is 1.44 bits per heavy atom. The largest absolute Gasteiger partial charge is 0.337 e. The molecular weight excluding hydrogens is 262 g/mol. The zero-order valence-electron chi connectivity index (χ0n) is 11.3. The first-order valence-electron chi connectivity index (χ1n) is 6.14. The van der Waals surface area contributed by atoms with Crippen LogP contribution in [0.5, 0.6) is 0 Å². The van der Waals surface area contributed by atoms with Gasteiger partial charge in [-0.15, -0.1) is 11.3 Å². The third-order valence-corrected chi connectivity index (χ3v) is 4.34. The molecule has 18 heavy (non-hydrogen) atoms. The molecule has 0 bridgehead atoms. The number of thiazole rings is 1. The van der Waals surface area contributed by atoms with Gasteiger partial charge in [0.15, 0.2) is 4.77 Å². The zero-order valence-corrected chi connectivity index (χ0v) is 12.9. The molecule has 0 atom stereocenters. The van der Waals surface area contributed by atoms with Gasteiger partial charge in [0, 0.05) is 28.4 Å². The fourth-order valence-corrected chi connectivity index (χ4v) is 2.97. The van der Waals surface area contributed by atoms with Gasteiger partial charge >= 0.3 is 0 Å². The second-order valence-electron chi connectivity index (χ2n) is 5.39. The van der Waals surface area contributed by atoms with Crippen LogP contribution >= 0.6 is 23.6 Å². The third-order valence-electron chi connectivity index (χ3n) is 2.88. The van der Waals surface area contributed by atoms with Gasteiger partial charge in [-0.05, 0) is 18.6 Å². The smallest absolute Gasteiger partial charge is 0.177 e. The highest BCUT2D eigenvalue weighted by Crippen LogP contribution is 2.24. The summed E-state index contributed by atoms with van der Waals surface area (Å²) in [6.45, 7) is 9.50. The maximum absolute atomic E-state index is 5.36. The lowest BCUT2D eigenvalue weighted by atomic mass is 9.93. The van der Waals surface area contributed by atoms with E-state index in [0.29, 0.717) is 0 Å². The van der Waals surface area contributed by atoms with Gasteiger partial charge in [-0.2, -0.15) is 0 Å². The quantitative estimate of drug-likeness (QED) is 0.865. The lowest BCUT2D eigenvalue weighted by Gasteiger charge is -2.20. The second-order valence-corrected chi connectivity index (χ2v) is 6.98. The first kappa shape index (κ1) is 13.5. The highest BCUT2D eigenvalue weighted by atomic mass is 32.1. The summed E-state index contributed by atoms with van der Waals surface area (Å²) < 4.78 is 2.92. The summed E-state index contributed by atoms with van der Waals surface area (Å²) in [7, 11) is 0. The molecule has 0 spiro atoms. The van der Waals surface area contributed by atoms with E-state index in [0.717, 1.165) is 22.7 Å². The summed E-state index contributed by atoms with van der Waals surface area (Å²) in [4.78, 5) is 8.93. The highest BCUT2D eigenvalue weighted by molar-refractivity contribution is 7.71. The normalized spacial score (nSPS) is 12.0. The number of nitrogens with one attached hydrogen (secondary N) is 1. The van der Waals surface area contributed by atoms with E-state index in [9.17, 15) is 0 Å². The minimum Gasteiger partial charge on any atom is -0.337 e. The predicted octanol–water partition coefficient (Wildman–Crippen LogP) is 3.91. The van der Waals surface area contributed by atoms with E-state index < -0.39 is 0 Å². The fourth-order valence-electron chi connectivity index (χ4n) is 1.89. The van der Waals surface area contributed by atoms with Crippen molar-refractivity contribution >= 4 is 23.6 Å². The maximum atomic E-state index is 5.36. The molecule has 2 aromatic heterocycles. The molecule has 3 nitrogen and oxygen atoms in total. The van der Waals surface area contributed by atoms with Crippen LogP contribution in [0.4, 0.5) is 0 Å². The fraction of sp³-hybridized carbons (Fsp3) is 0.538. The Bertz CT molecular complexity index is 584. The van der Waals surface area contributed by atoms with Crippen LogP contribution in [0.1, 0.15) is 43.3 Å². The summed E-state index contributed by atoms with van der Waals surface area (Å²) in [6, 6.07) is 0. The summed E-state index contributed by atoms with van der Waals surface area (Å²) in [6.07, 6.45) is 5.02. The lowest BCUT2D eigenvalue weighted by molar-refractivity contribution is 0.529. The Kier molecular flexibility index (Phi) is 3.73. The van der Waals surface area contributed by atoms with Gasteiger partial charge in [-0.3, -0.25) is 0 Å². The van der Waals surface area contributed by atoms with Crippen LogP contribution in [0.2, 0.25) is 0 Å². The molecule has 2 rings (SSSR count). The lowest BCUT2D eigenvalue weighted by Crippen LogP contribution is -2.18. The van der Waals surface area contributed by atoms with Crippen molar-refractivity contribution in [1.82, 2.24) is 14.5 Å². The predicted molar refractivity (Wildman–Crippen MR) is 78.9 cm³/mol. The Labute approximate surface area is 117 Å². The number of hydrogen-bond acceptors (Lipinski definition) is 3. The van der Waals surface area contributed by atoms with Crippen molar-refractivity contribution in [1.29, 1.82) is 0 Å². The van der Waals surface area contributed by atoms with Crippen LogP contribution in [0, 0.1) is 4.77 Å². The Morgan fingerprint density at radius 3 is 2.72 bits per heavy atom. The minimum atomic E-state index is 0.0818. The van der Waals surface area contributed by atoms with Crippen LogP contribution in [-0.2, 0) is 18.4 Å². The molecule has 98 valence electrons. The van der Waals surface area contributed by atoms with Crippen LogP contribution in [0.25, 0.3) is 0 Å². The van der Waals surface area contributed by atoms with E-state index in [1.807, 2.05) is 12.4 Å². The Hall–Kier alpha value is -0.940. The van der Waals surface area contributed by atoms with Crippen molar-refractivity contribution in [3.63, 3.8) is 0 Å². The third kappa shape index (κ3) is 2.72. The molecule has 0 saturated heterocycles. The van der Waals surface area contributed by atoms with E-state index in [1.54, 1.807) is 11.3 Å². The standard InChI is InChI=1S/C13H19N3S2/c1-5-9-6-14-11(18-9)8-16-10(13(2,3)4)7-15-12(16)17/h6-7H,5,8H2,1-4H3,(H,15,17). The van der Waals surface area contributed by atoms with Gasteiger partial charge in [0.25, 0.3) is 0 Å². The number of aromatic nitrogens is 3. The van der Waals surface area contributed by atoms with Crippen molar-refractivity contribution < 1.29 is 0 Å². The second kappa shape index (κ2) is 4.97. The average molecular weight is 281 g/mol. The first-order valence-corrected chi connectivity index (χ1v) is 7.36. The molecule has 2 aromatic rings. The number of nitrogens with zero attached hydrogens (tertiary/aromatic N) is 2. The van der Waals surface area contributed by atoms with E-state index in [4.69, 9.17) is 12.2 Å². The van der Waals surface area contributed by atoms with E-state index in [-0.39, 0.29) is 5.41 Å². The average Bonchev–Trinajstić information content (AvgIpc) is 2.86. The van der Waals surface area contributed by atoms with Gasteiger partial charge in [-0.1, -0.05) is 27.7 Å². The van der Waals surface area contributed by atoms with Crippen molar-refractivity contribution in [2.75, 3.05) is 0 Å². The molecule has 0 radical (unpaired) electrons. The minimum absolute atomic E-state index is 0.0818. The molecule has 1 N–H and O–H groups in total. The molecular formula is C13H19N3S2. The number of hydrogen-bond donors (Lipinski definition) is 1. The van der Waals surface area contributed by atoms with Gasteiger partial charge in [0.2, 0.25) is 0 Å². The topological polar surface area (TPSA) is 33.6 Å². The van der Waals surface area contributed by atoms with Crippen molar-refractivity contribution in [3.8, 4) is 0 Å². The summed E-state index contributed by atoms with van der Waals surface area (Å²) >= 11 is 7.13. The molecule has 0 saturated carbocycles. The van der Waals surface area contributed by atoms with Gasteiger partial charge in [-0.25, -0.2) is 4.98 Å². The molecule has 0 fully saturated rings. The number of H-pyrrole nitrogens is 1. The maximum Gasteiger partial charge on any atom is 0.177 e. The molecule has 2 heterocycles. The summed E-state index contributed by atoms with van der Waals surface area (Å²) in [5.41, 5.74) is 1.30. The van der Waals surface area contributed by atoms with Crippen LogP contribution in [0.3, 0.4) is 0 Å². The molecule has 0 amide bonds. The number of imidazole rings is 1. The van der Waals surface area contributed by atoms with Crippen molar-refractivity contribution in [3.05, 3.63) is 32.7 Å². The van der Waals surface area contributed by atoms with E-state index in [2.05, 4.69) is 42.2 Å². The number of rotatable bonds is 3. The van der Waals surface area contributed by atoms with Crippen molar-refractivity contribution in [2.24, 2.45) is 0 Å². The van der Waals surface area contributed by atoms with Gasteiger partial charge in [0.05, 0.1) is 6.54 Å². The molecule has 0 aliphatic carbocycles. The molecule has 0 aliphatic rings. The van der Waals surface area contributed by atoms with Crippen LogP contribution in [-0.4, -0.2) is 14.5 Å². The van der Waals surface area contributed by atoms with Gasteiger partial charge < -0.3 is 9.55 Å². The summed E-state index contributed by atoms with van der Waals surface area (Å²) in [5.74, 6) is 0. The van der Waals surface area contributed by atoms with E-state index in [1.165, 1.54) is 10.6 Å². The van der Waals surface area contributed by atoms with E-state index >= 15 is 0 Å². The number of aromatic amines is 1. The zero-order chi connectivity index (χ0) is 13.3. The van der Waals surface area contributed by atoms with Crippen LogP contribution < -0.4 is 0 Å². The molecule has 0 unspecified atom stereocenters.